The van der Waals surface area contributed by atoms with E-state index in [0.29, 0.717) is 0 Å². The maximum absolute atomic E-state index is 13.1. The number of hydrogen-bond acceptors (Lipinski definition) is 8. The number of nitrogens with two attached hydrogens (primary N) is 1. The molecule has 2 rings (SSSR count). The van der Waals surface area contributed by atoms with Gasteiger partial charge in [-0.05, 0) is 43.5 Å². The van der Waals surface area contributed by atoms with Gasteiger partial charge in [0, 0.05) is 16.9 Å². The van der Waals surface area contributed by atoms with E-state index in [0.717, 1.165) is 11.1 Å². The van der Waals surface area contributed by atoms with E-state index < -0.39 is 52.6 Å². The second-order valence-electron chi connectivity index (χ2n) is 9.41. The second-order valence-corrected chi connectivity index (χ2v) is 10.9. The van der Waals surface area contributed by atoms with Gasteiger partial charge in [-0.15, -0.1) is 0 Å². The van der Waals surface area contributed by atoms with Crippen LogP contribution in [-0.4, -0.2) is 68.6 Å². The normalized spacial score (nSPS) is 14.4. The Kier molecular flexibility index (Phi) is 11.5. The molecule has 0 bridgehead atoms. The fourth-order valence-electron chi connectivity index (χ4n) is 3.57. The third-order valence-corrected chi connectivity index (χ3v) is 6.32. The first-order valence-electron chi connectivity index (χ1n) is 11.9. The molecule has 2 aromatic rings. The van der Waals surface area contributed by atoms with E-state index in [1.54, 1.807) is 56.3 Å². The fraction of sp³-hybridized carbons (Fsp3) is 0.385. The quantitative estimate of drug-likeness (QED) is 0.166. The maximum Gasteiger partial charge on any atom is 0.327 e. The smallest absolute Gasteiger partial charge is 0.327 e. The molecule has 0 fully saturated rings. The number of carboxylic acid groups (broad SMARTS) is 1. The maximum atomic E-state index is 13.1. The minimum Gasteiger partial charge on any atom is -0.508 e. The highest BCUT2D eigenvalue weighted by molar-refractivity contribution is 7.81. The number of nitrogens with one attached hydrogen (secondary N) is 3. The molecule has 0 radical (unpaired) electrons. The van der Waals surface area contributed by atoms with E-state index in [2.05, 4.69) is 41.2 Å². The van der Waals surface area contributed by atoms with Gasteiger partial charge in [-0.1, -0.05) is 42.5 Å². The van der Waals surface area contributed by atoms with Gasteiger partial charge in [-0.3, -0.25) is 14.4 Å². The number of thiol groups is 2. The number of hydrogen-bond donors (Lipinski definition) is 8. The highest BCUT2D eigenvalue weighted by Crippen LogP contribution is 2.18. The number of aromatic hydroxyl groups is 1. The van der Waals surface area contributed by atoms with Crippen LogP contribution >= 0.6 is 25.3 Å². The van der Waals surface area contributed by atoms with Crippen LogP contribution in [0.5, 0.6) is 5.75 Å². The highest BCUT2D eigenvalue weighted by Gasteiger charge is 2.36. The molecule has 38 heavy (non-hydrogen) atoms. The van der Waals surface area contributed by atoms with Crippen molar-refractivity contribution in [2.24, 2.45) is 5.73 Å². The Balaban J connectivity index is 2.14. The number of aliphatic carboxylic acids is 1. The van der Waals surface area contributed by atoms with Crippen molar-refractivity contribution >= 4 is 48.9 Å². The molecule has 0 aliphatic heterocycles. The summed E-state index contributed by atoms with van der Waals surface area (Å²) in [5, 5.41) is 26.6. The van der Waals surface area contributed by atoms with Crippen LogP contribution in [0, 0.1) is 0 Å². The Morgan fingerprint density at radius 3 is 1.89 bits per heavy atom. The Morgan fingerprint density at radius 1 is 0.842 bits per heavy atom. The van der Waals surface area contributed by atoms with Crippen LogP contribution in [0.4, 0.5) is 0 Å². The Labute approximate surface area is 232 Å². The van der Waals surface area contributed by atoms with Crippen LogP contribution < -0.4 is 21.7 Å². The first kappa shape index (κ1) is 31.0. The van der Waals surface area contributed by atoms with E-state index >= 15 is 0 Å². The zero-order valence-corrected chi connectivity index (χ0v) is 22.9. The molecule has 0 aliphatic carbocycles. The molecule has 0 heterocycles. The van der Waals surface area contributed by atoms with Crippen molar-refractivity contribution in [2.45, 2.75) is 55.6 Å². The highest BCUT2D eigenvalue weighted by atomic mass is 32.1. The Morgan fingerprint density at radius 2 is 1.37 bits per heavy atom. The molecular weight excluding hydrogens is 528 g/mol. The monoisotopic (exact) mass is 562 g/mol. The zero-order chi connectivity index (χ0) is 28.5. The molecule has 0 saturated carbocycles. The van der Waals surface area contributed by atoms with E-state index in [1.807, 2.05) is 0 Å². The van der Waals surface area contributed by atoms with Gasteiger partial charge in [0.2, 0.25) is 17.7 Å². The summed E-state index contributed by atoms with van der Waals surface area (Å²) in [6.45, 7) is 3.10. The van der Waals surface area contributed by atoms with Crippen LogP contribution in [0.2, 0.25) is 0 Å². The molecule has 4 atom stereocenters. The van der Waals surface area contributed by atoms with Gasteiger partial charge in [-0.2, -0.15) is 25.3 Å². The lowest BCUT2D eigenvalue weighted by Gasteiger charge is -2.29. The number of carboxylic acids is 1. The summed E-state index contributed by atoms with van der Waals surface area (Å²) >= 11 is 8.45. The summed E-state index contributed by atoms with van der Waals surface area (Å²) in [6, 6.07) is 10.5. The average molecular weight is 563 g/mol. The van der Waals surface area contributed by atoms with Gasteiger partial charge < -0.3 is 31.9 Å². The molecule has 0 saturated heterocycles. The number of rotatable bonds is 13. The van der Waals surface area contributed by atoms with Crippen LogP contribution in [0.1, 0.15) is 25.0 Å². The fourth-order valence-corrected chi connectivity index (χ4v) is 4.00. The minimum absolute atomic E-state index is 0.0748. The van der Waals surface area contributed by atoms with Gasteiger partial charge in [0.25, 0.3) is 0 Å². The van der Waals surface area contributed by atoms with Crippen molar-refractivity contribution < 1.29 is 29.4 Å². The molecule has 0 spiro atoms. The minimum atomic E-state index is -1.33. The van der Waals surface area contributed by atoms with Crippen LogP contribution in [0.15, 0.2) is 54.6 Å². The lowest BCUT2D eigenvalue weighted by atomic mass is 10.0. The molecule has 2 aromatic carbocycles. The van der Waals surface area contributed by atoms with Crippen molar-refractivity contribution in [3.05, 3.63) is 65.7 Å². The molecule has 3 amide bonds. The first-order valence-corrected chi connectivity index (χ1v) is 12.9. The van der Waals surface area contributed by atoms with Gasteiger partial charge in [0.05, 0.1) is 6.04 Å². The lowest BCUT2D eigenvalue weighted by Crippen LogP contribution is -2.60. The molecule has 206 valence electrons. The van der Waals surface area contributed by atoms with E-state index in [-0.39, 0.29) is 24.3 Å². The topological polar surface area (TPSA) is 171 Å². The third-order valence-electron chi connectivity index (χ3n) is 5.70. The third kappa shape index (κ3) is 9.58. The van der Waals surface area contributed by atoms with E-state index in [1.165, 1.54) is 12.1 Å². The van der Waals surface area contributed by atoms with Crippen molar-refractivity contribution in [2.75, 3.05) is 5.75 Å². The van der Waals surface area contributed by atoms with Crippen molar-refractivity contribution in [3.8, 4) is 5.75 Å². The molecule has 0 aliphatic rings. The number of amides is 3. The van der Waals surface area contributed by atoms with Crippen molar-refractivity contribution in [1.29, 1.82) is 0 Å². The molecule has 0 unspecified atom stereocenters. The van der Waals surface area contributed by atoms with Crippen LogP contribution in [-0.2, 0) is 32.0 Å². The predicted octanol–water partition coefficient (Wildman–Crippen LogP) is 0.682. The second kappa shape index (κ2) is 14.1. The summed E-state index contributed by atoms with van der Waals surface area (Å²) in [4.78, 5) is 50.7. The Hall–Kier alpha value is -3.22. The van der Waals surface area contributed by atoms with Gasteiger partial charge in [-0.25, -0.2) is 4.79 Å². The largest absolute Gasteiger partial charge is 0.508 e. The standard InChI is InChI=1S/C26H34N4O6S2/c1-26(2,38)21(25(35)36)30-23(33)19(13-15-6-4-3-5-7-15)28-24(34)20(14-37)29-22(32)18(27)12-16-8-10-17(31)11-9-16/h3-11,18-21,31,37-38H,12-14,27H2,1-2H3,(H,28,34)(H,29,32)(H,30,33)(H,35,36)/t18-,19-,20+,21-/m0/s1. The molecule has 12 heteroatoms. The number of carbonyl (C=O) groups excluding carboxylic acids is 3. The summed E-state index contributed by atoms with van der Waals surface area (Å²) < 4.78 is -1.09. The zero-order valence-electron chi connectivity index (χ0n) is 21.1. The van der Waals surface area contributed by atoms with Gasteiger partial charge in [0.15, 0.2) is 0 Å². The van der Waals surface area contributed by atoms with Crippen molar-refractivity contribution in [1.82, 2.24) is 16.0 Å². The average Bonchev–Trinajstić information content (AvgIpc) is 2.86. The van der Waals surface area contributed by atoms with Crippen LogP contribution in [0.3, 0.4) is 0 Å². The predicted molar refractivity (Wildman–Crippen MR) is 150 cm³/mol. The number of phenols is 1. The number of benzene rings is 2. The van der Waals surface area contributed by atoms with E-state index in [9.17, 15) is 29.4 Å². The molecule has 10 nitrogen and oxygen atoms in total. The van der Waals surface area contributed by atoms with Crippen molar-refractivity contribution in [3.63, 3.8) is 0 Å². The first-order chi connectivity index (χ1) is 17.8. The number of carbonyl (C=O) groups is 4. The van der Waals surface area contributed by atoms with Gasteiger partial charge in [0.1, 0.15) is 23.9 Å². The summed E-state index contributed by atoms with van der Waals surface area (Å²) in [6.07, 6.45) is 0.244. The molecule has 0 aromatic heterocycles. The van der Waals surface area contributed by atoms with Gasteiger partial charge >= 0.3 is 5.97 Å². The van der Waals surface area contributed by atoms with E-state index in [4.69, 9.17) is 5.73 Å². The summed E-state index contributed by atoms with van der Waals surface area (Å²) in [7, 11) is 0. The Bertz CT molecular complexity index is 1110. The summed E-state index contributed by atoms with van der Waals surface area (Å²) in [5.74, 6) is -3.26. The lowest BCUT2D eigenvalue weighted by molar-refractivity contribution is -0.143. The SMILES string of the molecule is CC(C)(S)[C@@H](NC(=O)[C@H](Cc1ccccc1)NC(=O)[C@@H](CS)NC(=O)[C@@H](N)Cc1ccc(O)cc1)C(=O)O. The summed E-state index contributed by atoms with van der Waals surface area (Å²) in [5.41, 5.74) is 7.46. The van der Waals surface area contributed by atoms with Crippen LogP contribution in [0.25, 0.3) is 0 Å². The number of phenolic OH excluding ortho intramolecular Hbond substituents is 1. The molecule has 7 N–H and O–H groups in total. The molecular formula is C26H34N4O6S2.